The summed E-state index contributed by atoms with van der Waals surface area (Å²) in [6, 6.07) is 14.9. The molecule has 0 radical (unpaired) electrons. The van der Waals surface area contributed by atoms with Gasteiger partial charge in [0.25, 0.3) is 5.91 Å². The predicted molar refractivity (Wildman–Crippen MR) is 121 cm³/mol. The van der Waals surface area contributed by atoms with E-state index in [2.05, 4.69) is 24.1 Å². The van der Waals surface area contributed by atoms with Crippen LogP contribution in [0.25, 0.3) is 0 Å². The van der Waals surface area contributed by atoms with E-state index in [4.69, 9.17) is 0 Å². The molecule has 1 aliphatic heterocycles. The molecule has 0 unspecified atom stereocenters. The number of nitrogens with one attached hydrogen (secondary N) is 1. The van der Waals surface area contributed by atoms with E-state index in [0.717, 1.165) is 41.5 Å². The van der Waals surface area contributed by atoms with E-state index in [1.54, 1.807) is 12.1 Å². The first kappa shape index (κ1) is 22.3. The Morgan fingerprint density at radius 2 is 1.70 bits per heavy atom. The summed E-state index contributed by atoms with van der Waals surface area (Å²) in [6.07, 6.45) is 2.14. The summed E-state index contributed by atoms with van der Waals surface area (Å²) in [6.45, 7) is 6.35. The van der Waals surface area contributed by atoms with Crippen LogP contribution in [0.5, 0.6) is 0 Å². The molecule has 1 fully saturated rings. The zero-order chi connectivity index (χ0) is 21.9. The molecule has 1 amide bonds. The highest BCUT2D eigenvalue weighted by Gasteiger charge is 2.26. The molecule has 1 saturated heterocycles. The molecule has 0 spiro atoms. The number of rotatable bonds is 7. The van der Waals surface area contributed by atoms with Crippen molar-refractivity contribution in [1.82, 2.24) is 9.62 Å². The Labute approximate surface area is 179 Å². The number of carbonyl (C=O) groups is 1. The van der Waals surface area contributed by atoms with Crippen LogP contribution in [-0.2, 0) is 15.4 Å². The van der Waals surface area contributed by atoms with Crippen LogP contribution in [-0.4, -0.2) is 52.4 Å². The second-order valence-corrected chi connectivity index (χ2v) is 10.7. The summed E-state index contributed by atoms with van der Waals surface area (Å²) in [5.41, 5.74) is 2.08. The third-order valence-electron chi connectivity index (χ3n) is 5.68. The fraction of sp³-hybridized carbons (Fsp3) is 0.435. The van der Waals surface area contributed by atoms with Crippen molar-refractivity contribution >= 4 is 21.6 Å². The molecule has 0 aromatic heterocycles. The predicted octanol–water partition coefficient (Wildman–Crippen LogP) is 3.24. The van der Waals surface area contributed by atoms with Crippen molar-refractivity contribution in [3.8, 4) is 0 Å². The standard InChI is InChI=1S/C23H31N3O3S/c1-23(2,18-10-6-5-7-11-18)17-24-22(27)20-16-19(30(28,29)25(3)4)12-13-21(20)26-14-8-9-15-26/h5-7,10-13,16H,8-9,14-15,17H2,1-4H3,(H,24,27). The average molecular weight is 430 g/mol. The quantitative estimate of drug-likeness (QED) is 0.734. The molecular formula is C23H31N3O3S. The van der Waals surface area contributed by atoms with Gasteiger partial charge in [-0.1, -0.05) is 44.2 Å². The molecule has 7 heteroatoms. The molecule has 0 saturated carbocycles. The van der Waals surface area contributed by atoms with Gasteiger partial charge in [0.05, 0.1) is 10.5 Å². The first-order chi connectivity index (χ1) is 14.1. The summed E-state index contributed by atoms with van der Waals surface area (Å²) >= 11 is 0. The minimum absolute atomic E-state index is 0.128. The summed E-state index contributed by atoms with van der Waals surface area (Å²) in [5.74, 6) is -0.253. The molecule has 0 bridgehead atoms. The molecule has 30 heavy (non-hydrogen) atoms. The second-order valence-electron chi connectivity index (χ2n) is 8.59. The maximum atomic E-state index is 13.2. The number of hydrogen-bond acceptors (Lipinski definition) is 4. The normalized spacial score (nSPS) is 14.9. The van der Waals surface area contributed by atoms with Gasteiger partial charge in [0.1, 0.15) is 0 Å². The topological polar surface area (TPSA) is 69.7 Å². The van der Waals surface area contributed by atoms with Gasteiger partial charge in [-0.05, 0) is 36.6 Å². The van der Waals surface area contributed by atoms with E-state index in [1.807, 2.05) is 30.3 Å². The number of amides is 1. The zero-order valence-electron chi connectivity index (χ0n) is 18.2. The fourth-order valence-corrected chi connectivity index (χ4v) is 4.62. The lowest BCUT2D eigenvalue weighted by Gasteiger charge is -2.27. The molecule has 2 aromatic rings. The van der Waals surface area contributed by atoms with E-state index in [1.165, 1.54) is 20.2 Å². The van der Waals surface area contributed by atoms with Gasteiger partial charge in [0, 0.05) is 44.8 Å². The third kappa shape index (κ3) is 4.68. The summed E-state index contributed by atoms with van der Waals surface area (Å²) in [7, 11) is -0.641. The van der Waals surface area contributed by atoms with Gasteiger partial charge in [-0.25, -0.2) is 12.7 Å². The van der Waals surface area contributed by atoms with E-state index in [-0.39, 0.29) is 16.2 Å². The van der Waals surface area contributed by atoms with Crippen LogP contribution >= 0.6 is 0 Å². The van der Waals surface area contributed by atoms with Crippen molar-refractivity contribution in [2.45, 2.75) is 37.0 Å². The number of nitrogens with zero attached hydrogens (tertiary/aromatic N) is 2. The molecule has 1 heterocycles. The monoisotopic (exact) mass is 429 g/mol. The Kier molecular flexibility index (Phi) is 6.53. The molecule has 6 nitrogen and oxygen atoms in total. The molecular weight excluding hydrogens is 398 g/mol. The van der Waals surface area contributed by atoms with Gasteiger partial charge >= 0.3 is 0 Å². The Balaban J connectivity index is 1.90. The Morgan fingerprint density at radius 3 is 2.30 bits per heavy atom. The lowest BCUT2D eigenvalue weighted by Crippen LogP contribution is -2.37. The van der Waals surface area contributed by atoms with E-state index >= 15 is 0 Å². The molecule has 1 N–H and O–H groups in total. The van der Waals surface area contributed by atoms with Gasteiger partial charge in [-0.3, -0.25) is 4.79 Å². The van der Waals surface area contributed by atoms with Crippen molar-refractivity contribution in [3.63, 3.8) is 0 Å². The highest BCUT2D eigenvalue weighted by molar-refractivity contribution is 7.89. The molecule has 0 atom stereocenters. The number of anilines is 1. The minimum Gasteiger partial charge on any atom is -0.371 e. The van der Waals surface area contributed by atoms with Gasteiger partial charge in [-0.2, -0.15) is 0 Å². The summed E-state index contributed by atoms with van der Waals surface area (Å²) in [5, 5.41) is 3.04. The largest absolute Gasteiger partial charge is 0.371 e. The van der Waals surface area contributed by atoms with Crippen LogP contribution in [0.15, 0.2) is 53.4 Å². The van der Waals surface area contributed by atoms with Crippen molar-refractivity contribution in [3.05, 3.63) is 59.7 Å². The van der Waals surface area contributed by atoms with Crippen LogP contribution in [0.3, 0.4) is 0 Å². The maximum Gasteiger partial charge on any atom is 0.253 e. The SMILES string of the molecule is CN(C)S(=O)(=O)c1ccc(N2CCCC2)c(C(=O)NCC(C)(C)c2ccccc2)c1. The number of benzene rings is 2. The van der Waals surface area contributed by atoms with Crippen molar-refractivity contribution < 1.29 is 13.2 Å². The third-order valence-corrected chi connectivity index (χ3v) is 7.50. The Morgan fingerprint density at radius 1 is 1.07 bits per heavy atom. The number of carbonyl (C=O) groups excluding carboxylic acids is 1. The van der Waals surface area contributed by atoms with Crippen LogP contribution in [0.4, 0.5) is 5.69 Å². The molecule has 1 aliphatic rings. The van der Waals surface area contributed by atoms with E-state index < -0.39 is 10.0 Å². The summed E-state index contributed by atoms with van der Waals surface area (Å²) in [4.78, 5) is 15.5. The van der Waals surface area contributed by atoms with Crippen LogP contribution < -0.4 is 10.2 Å². The zero-order valence-corrected chi connectivity index (χ0v) is 19.0. The lowest BCUT2D eigenvalue weighted by molar-refractivity contribution is 0.0946. The first-order valence-electron chi connectivity index (χ1n) is 10.3. The van der Waals surface area contributed by atoms with Crippen LogP contribution in [0.1, 0.15) is 42.6 Å². The molecule has 3 rings (SSSR count). The van der Waals surface area contributed by atoms with Gasteiger partial charge in [-0.15, -0.1) is 0 Å². The first-order valence-corrected chi connectivity index (χ1v) is 11.7. The Hall–Kier alpha value is -2.38. The van der Waals surface area contributed by atoms with E-state index in [0.29, 0.717) is 12.1 Å². The smallest absolute Gasteiger partial charge is 0.253 e. The highest BCUT2D eigenvalue weighted by atomic mass is 32.2. The maximum absolute atomic E-state index is 13.2. The van der Waals surface area contributed by atoms with Crippen LogP contribution in [0.2, 0.25) is 0 Å². The van der Waals surface area contributed by atoms with Crippen LogP contribution in [0, 0.1) is 0 Å². The second kappa shape index (κ2) is 8.78. The molecule has 0 aliphatic carbocycles. The minimum atomic E-state index is -3.62. The lowest BCUT2D eigenvalue weighted by atomic mass is 9.84. The highest BCUT2D eigenvalue weighted by Crippen LogP contribution is 2.29. The van der Waals surface area contributed by atoms with Crippen molar-refractivity contribution in [1.29, 1.82) is 0 Å². The fourth-order valence-electron chi connectivity index (χ4n) is 3.69. The van der Waals surface area contributed by atoms with E-state index in [9.17, 15) is 13.2 Å². The van der Waals surface area contributed by atoms with Crippen molar-refractivity contribution in [2.75, 3.05) is 38.6 Å². The van der Waals surface area contributed by atoms with Crippen molar-refractivity contribution in [2.24, 2.45) is 0 Å². The molecule has 2 aromatic carbocycles. The average Bonchev–Trinajstić information content (AvgIpc) is 3.27. The van der Waals surface area contributed by atoms with Gasteiger partial charge < -0.3 is 10.2 Å². The number of hydrogen-bond donors (Lipinski definition) is 1. The molecule has 162 valence electrons. The summed E-state index contributed by atoms with van der Waals surface area (Å²) < 4.78 is 26.4. The Bertz CT molecular complexity index is 996. The number of sulfonamides is 1. The van der Waals surface area contributed by atoms with Gasteiger partial charge in [0.15, 0.2) is 0 Å². The van der Waals surface area contributed by atoms with Gasteiger partial charge in [0.2, 0.25) is 10.0 Å².